The highest BCUT2D eigenvalue weighted by Crippen LogP contribution is 2.19. The topological polar surface area (TPSA) is 87.3 Å². The summed E-state index contributed by atoms with van der Waals surface area (Å²) in [5, 5.41) is 8.07. The number of urea groups is 1. The van der Waals surface area contributed by atoms with Gasteiger partial charge in [0.1, 0.15) is 5.82 Å². The fraction of sp³-hybridized carbons (Fsp3) is 0.211. The van der Waals surface area contributed by atoms with Crippen molar-refractivity contribution < 1.29 is 18.8 Å². The van der Waals surface area contributed by atoms with E-state index in [1.165, 1.54) is 42.5 Å². The third-order valence-corrected chi connectivity index (χ3v) is 4.33. The SMILES string of the molecule is O=C(NCc1ccc(F)cc1Cl)Nc1ccc(C(=O)C(=O)NC2CC2)cc1. The monoisotopic (exact) mass is 389 g/mol. The predicted octanol–water partition coefficient (Wildman–Crippen LogP) is 3.26. The molecule has 8 heteroatoms. The van der Waals surface area contributed by atoms with E-state index in [2.05, 4.69) is 16.0 Å². The maximum absolute atomic E-state index is 13.0. The van der Waals surface area contributed by atoms with Crippen LogP contribution in [0.5, 0.6) is 0 Å². The minimum atomic E-state index is -0.618. The van der Waals surface area contributed by atoms with E-state index in [1.54, 1.807) is 0 Å². The van der Waals surface area contributed by atoms with Crippen molar-refractivity contribution >= 4 is 35.0 Å². The first-order chi connectivity index (χ1) is 12.9. The molecule has 1 saturated carbocycles. The number of carbonyl (C=O) groups excluding carboxylic acids is 3. The Hall–Kier alpha value is -2.93. The van der Waals surface area contributed by atoms with Crippen LogP contribution in [0.1, 0.15) is 28.8 Å². The van der Waals surface area contributed by atoms with Crippen molar-refractivity contribution in [2.75, 3.05) is 5.32 Å². The van der Waals surface area contributed by atoms with Crippen LogP contribution in [0, 0.1) is 5.82 Å². The first kappa shape index (κ1) is 18.8. The molecule has 0 bridgehead atoms. The van der Waals surface area contributed by atoms with Gasteiger partial charge in [0.25, 0.3) is 5.91 Å². The molecule has 0 radical (unpaired) electrons. The highest BCUT2D eigenvalue weighted by atomic mass is 35.5. The molecule has 0 heterocycles. The molecular formula is C19H17ClFN3O3. The van der Waals surface area contributed by atoms with E-state index < -0.39 is 23.5 Å². The number of halogens is 2. The summed E-state index contributed by atoms with van der Waals surface area (Å²) in [4.78, 5) is 35.7. The second-order valence-electron chi connectivity index (χ2n) is 6.20. The molecule has 0 unspecified atom stereocenters. The first-order valence-corrected chi connectivity index (χ1v) is 8.74. The highest BCUT2D eigenvalue weighted by molar-refractivity contribution is 6.42. The number of nitrogens with one attached hydrogen (secondary N) is 3. The van der Waals surface area contributed by atoms with Crippen molar-refractivity contribution in [3.63, 3.8) is 0 Å². The van der Waals surface area contributed by atoms with Crippen LogP contribution in [-0.2, 0) is 11.3 Å². The summed E-state index contributed by atoms with van der Waals surface area (Å²) >= 11 is 5.90. The number of hydrogen-bond acceptors (Lipinski definition) is 3. The lowest BCUT2D eigenvalue weighted by Crippen LogP contribution is -2.32. The Morgan fingerprint density at radius 1 is 1.07 bits per heavy atom. The van der Waals surface area contributed by atoms with Gasteiger partial charge in [0.2, 0.25) is 5.78 Å². The van der Waals surface area contributed by atoms with E-state index in [1.807, 2.05) is 0 Å². The third kappa shape index (κ3) is 5.27. The smallest absolute Gasteiger partial charge is 0.319 e. The largest absolute Gasteiger partial charge is 0.346 e. The van der Waals surface area contributed by atoms with Crippen molar-refractivity contribution in [2.45, 2.75) is 25.4 Å². The van der Waals surface area contributed by atoms with Crippen LogP contribution in [0.2, 0.25) is 5.02 Å². The molecule has 0 aromatic heterocycles. The molecule has 6 nitrogen and oxygen atoms in total. The quantitative estimate of drug-likeness (QED) is 0.523. The summed E-state index contributed by atoms with van der Waals surface area (Å²) in [6.07, 6.45) is 1.81. The van der Waals surface area contributed by atoms with Crippen molar-refractivity contribution in [1.29, 1.82) is 0 Å². The minimum absolute atomic E-state index is 0.112. The maximum atomic E-state index is 13.0. The molecular weight excluding hydrogens is 373 g/mol. The Balaban J connectivity index is 1.51. The highest BCUT2D eigenvalue weighted by Gasteiger charge is 2.26. The van der Waals surface area contributed by atoms with Crippen LogP contribution in [0.15, 0.2) is 42.5 Å². The number of amides is 3. The Morgan fingerprint density at radius 2 is 1.78 bits per heavy atom. The van der Waals surface area contributed by atoms with Crippen LogP contribution in [-0.4, -0.2) is 23.8 Å². The molecule has 3 N–H and O–H groups in total. The zero-order valence-corrected chi connectivity index (χ0v) is 15.0. The number of hydrogen-bond donors (Lipinski definition) is 3. The molecule has 0 spiro atoms. The zero-order valence-electron chi connectivity index (χ0n) is 14.2. The summed E-state index contributed by atoms with van der Waals surface area (Å²) in [5.41, 5.74) is 1.28. The van der Waals surface area contributed by atoms with Crippen molar-refractivity contribution in [1.82, 2.24) is 10.6 Å². The van der Waals surface area contributed by atoms with Gasteiger partial charge in [0.15, 0.2) is 0 Å². The van der Waals surface area contributed by atoms with Gasteiger partial charge < -0.3 is 16.0 Å². The van der Waals surface area contributed by atoms with Crippen molar-refractivity contribution in [2.24, 2.45) is 0 Å². The molecule has 27 heavy (non-hydrogen) atoms. The number of ketones is 1. The summed E-state index contributed by atoms with van der Waals surface area (Å²) in [6.45, 7) is 0.128. The minimum Gasteiger partial charge on any atom is -0.346 e. The molecule has 1 aliphatic carbocycles. The molecule has 1 aliphatic rings. The molecule has 0 aliphatic heterocycles. The Bertz CT molecular complexity index is 882. The fourth-order valence-electron chi connectivity index (χ4n) is 2.33. The van der Waals surface area contributed by atoms with Crippen molar-refractivity contribution in [3.05, 3.63) is 64.4 Å². The normalized spacial score (nSPS) is 13.0. The van der Waals surface area contributed by atoms with Crippen LogP contribution in [0.3, 0.4) is 0 Å². The van der Waals surface area contributed by atoms with Crippen LogP contribution < -0.4 is 16.0 Å². The van der Waals surface area contributed by atoms with Crippen LogP contribution >= 0.6 is 11.6 Å². The third-order valence-electron chi connectivity index (χ3n) is 3.98. The lowest BCUT2D eigenvalue weighted by Gasteiger charge is -2.09. The van der Waals surface area contributed by atoms with Gasteiger partial charge in [-0.2, -0.15) is 0 Å². The van der Waals surface area contributed by atoms with Gasteiger partial charge in [0, 0.05) is 28.9 Å². The Kier molecular flexibility index (Phi) is 5.71. The number of Topliss-reactive ketones (excluding diaryl/α,β-unsaturated/α-hetero) is 1. The van der Waals surface area contributed by atoms with Crippen molar-refractivity contribution in [3.8, 4) is 0 Å². The molecule has 3 amide bonds. The molecule has 2 aromatic rings. The molecule has 140 valence electrons. The van der Waals surface area contributed by atoms with Gasteiger partial charge in [-0.15, -0.1) is 0 Å². The molecule has 0 saturated heterocycles. The lowest BCUT2D eigenvalue weighted by molar-refractivity contribution is -0.117. The summed E-state index contributed by atoms with van der Waals surface area (Å²) in [7, 11) is 0. The average Bonchev–Trinajstić information content (AvgIpc) is 3.45. The van der Waals surface area contributed by atoms with Gasteiger partial charge in [-0.05, 0) is 54.8 Å². The number of rotatable bonds is 6. The molecule has 3 rings (SSSR count). The zero-order chi connectivity index (χ0) is 19.4. The summed E-state index contributed by atoms with van der Waals surface area (Å²) < 4.78 is 13.0. The lowest BCUT2D eigenvalue weighted by atomic mass is 10.1. The summed E-state index contributed by atoms with van der Waals surface area (Å²) in [6, 6.07) is 9.56. The molecule has 0 atom stereocenters. The van der Waals surface area contributed by atoms with Gasteiger partial charge in [-0.1, -0.05) is 17.7 Å². The molecule has 1 fully saturated rings. The van der Waals surface area contributed by atoms with Gasteiger partial charge in [-0.25, -0.2) is 9.18 Å². The van der Waals surface area contributed by atoms with Gasteiger partial charge in [-0.3, -0.25) is 9.59 Å². The second kappa shape index (κ2) is 8.18. The fourth-order valence-corrected chi connectivity index (χ4v) is 2.56. The standard InChI is InChI=1S/C19H17ClFN3O3/c20-16-9-13(21)4-1-12(16)10-22-19(27)24-15-5-2-11(3-6-15)17(25)18(26)23-14-7-8-14/h1-6,9,14H,7-8,10H2,(H,23,26)(H2,22,24,27). The molecule has 2 aromatic carbocycles. The van der Waals surface area contributed by atoms with E-state index in [-0.39, 0.29) is 23.2 Å². The second-order valence-corrected chi connectivity index (χ2v) is 6.60. The van der Waals surface area contributed by atoms with Gasteiger partial charge >= 0.3 is 6.03 Å². The number of anilines is 1. The van der Waals surface area contributed by atoms with E-state index in [0.29, 0.717) is 11.3 Å². The number of carbonyl (C=O) groups is 3. The Morgan fingerprint density at radius 3 is 2.41 bits per heavy atom. The van der Waals surface area contributed by atoms with Crippen LogP contribution in [0.25, 0.3) is 0 Å². The predicted molar refractivity (Wildman–Crippen MR) is 99.2 cm³/mol. The van der Waals surface area contributed by atoms with E-state index in [4.69, 9.17) is 11.6 Å². The maximum Gasteiger partial charge on any atom is 0.319 e. The first-order valence-electron chi connectivity index (χ1n) is 8.36. The Labute approximate surface area is 160 Å². The summed E-state index contributed by atoms with van der Waals surface area (Å²) in [5.74, 6) is -1.68. The van der Waals surface area contributed by atoms with Crippen LogP contribution in [0.4, 0.5) is 14.9 Å². The van der Waals surface area contributed by atoms with Gasteiger partial charge in [0.05, 0.1) is 0 Å². The average molecular weight is 390 g/mol. The van der Waals surface area contributed by atoms with E-state index in [0.717, 1.165) is 12.8 Å². The van der Waals surface area contributed by atoms with E-state index in [9.17, 15) is 18.8 Å². The van der Waals surface area contributed by atoms with E-state index >= 15 is 0 Å². The number of benzene rings is 2.